The topological polar surface area (TPSA) is 58.5 Å². The highest BCUT2D eigenvalue weighted by Gasteiger charge is 2.07. The Labute approximate surface area is 158 Å². The SMILES string of the molecule is CN=C(NCCc1sc(C)nc1C)NCC(C)Oc1ccc(Cl)cc1. The second kappa shape index (κ2) is 9.63. The molecule has 25 heavy (non-hydrogen) atoms. The molecule has 136 valence electrons. The predicted octanol–water partition coefficient (Wildman–Crippen LogP) is 3.59. The molecule has 2 aromatic rings. The van der Waals surface area contributed by atoms with Crippen LogP contribution in [0.5, 0.6) is 5.75 Å². The molecular formula is C18H25ClN4OS. The summed E-state index contributed by atoms with van der Waals surface area (Å²) in [7, 11) is 1.77. The van der Waals surface area contributed by atoms with Crippen LogP contribution in [0.2, 0.25) is 5.02 Å². The van der Waals surface area contributed by atoms with E-state index in [0.717, 1.165) is 35.4 Å². The van der Waals surface area contributed by atoms with Crippen LogP contribution < -0.4 is 15.4 Å². The van der Waals surface area contributed by atoms with Gasteiger partial charge in [0.1, 0.15) is 11.9 Å². The van der Waals surface area contributed by atoms with E-state index >= 15 is 0 Å². The van der Waals surface area contributed by atoms with E-state index in [1.54, 1.807) is 18.4 Å². The minimum absolute atomic E-state index is 0.00566. The molecule has 0 saturated carbocycles. The van der Waals surface area contributed by atoms with Crippen LogP contribution in [0.3, 0.4) is 0 Å². The van der Waals surface area contributed by atoms with Crippen LogP contribution in [-0.2, 0) is 6.42 Å². The Bertz CT molecular complexity index is 700. The summed E-state index contributed by atoms with van der Waals surface area (Å²) in [5.41, 5.74) is 1.12. The van der Waals surface area contributed by atoms with E-state index in [4.69, 9.17) is 16.3 Å². The summed E-state index contributed by atoms with van der Waals surface area (Å²) in [6, 6.07) is 7.37. The first-order chi connectivity index (χ1) is 12.0. The fourth-order valence-electron chi connectivity index (χ4n) is 2.35. The number of rotatable bonds is 7. The summed E-state index contributed by atoms with van der Waals surface area (Å²) >= 11 is 7.63. The van der Waals surface area contributed by atoms with Gasteiger partial charge < -0.3 is 15.4 Å². The lowest BCUT2D eigenvalue weighted by atomic mass is 10.3. The van der Waals surface area contributed by atoms with Crippen molar-refractivity contribution in [3.8, 4) is 5.75 Å². The van der Waals surface area contributed by atoms with Crippen LogP contribution in [-0.4, -0.2) is 37.2 Å². The molecular weight excluding hydrogens is 356 g/mol. The molecule has 1 heterocycles. The fraction of sp³-hybridized carbons (Fsp3) is 0.444. The normalized spacial score (nSPS) is 12.8. The molecule has 0 saturated heterocycles. The molecule has 1 atom stereocenters. The molecule has 0 aliphatic heterocycles. The third kappa shape index (κ3) is 6.55. The first-order valence-electron chi connectivity index (χ1n) is 8.27. The van der Waals surface area contributed by atoms with Gasteiger partial charge in [0.2, 0.25) is 0 Å². The molecule has 0 bridgehead atoms. The Morgan fingerprint density at radius 1 is 1.28 bits per heavy atom. The largest absolute Gasteiger partial charge is 0.489 e. The highest BCUT2D eigenvalue weighted by atomic mass is 35.5. The van der Waals surface area contributed by atoms with Gasteiger partial charge in [-0.15, -0.1) is 11.3 Å². The van der Waals surface area contributed by atoms with Gasteiger partial charge in [-0.3, -0.25) is 4.99 Å². The average Bonchev–Trinajstić information content (AvgIpc) is 2.90. The maximum atomic E-state index is 5.88. The minimum Gasteiger partial charge on any atom is -0.489 e. The summed E-state index contributed by atoms with van der Waals surface area (Å²) in [5, 5.41) is 8.43. The number of nitrogens with one attached hydrogen (secondary N) is 2. The van der Waals surface area contributed by atoms with E-state index in [1.165, 1.54) is 4.88 Å². The first kappa shape index (κ1) is 19.5. The van der Waals surface area contributed by atoms with Crippen LogP contribution in [0.25, 0.3) is 0 Å². The Morgan fingerprint density at radius 3 is 2.60 bits per heavy atom. The molecule has 0 amide bonds. The minimum atomic E-state index is 0.00566. The van der Waals surface area contributed by atoms with Crippen molar-refractivity contribution in [1.82, 2.24) is 15.6 Å². The molecule has 5 nitrogen and oxygen atoms in total. The number of aromatic nitrogens is 1. The maximum absolute atomic E-state index is 5.88. The van der Waals surface area contributed by atoms with Crippen molar-refractivity contribution < 1.29 is 4.74 Å². The average molecular weight is 381 g/mol. The first-order valence-corrected chi connectivity index (χ1v) is 9.47. The van der Waals surface area contributed by atoms with Crippen molar-refractivity contribution in [2.75, 3.05) is 20.1 Å². The number of aryl methyl sites for hydroxylation is 2. The quantitative estimate of drug-likeness (QED) is 0.569. The van der Waals surface area contributed by atoms with Gasteiger partial charge in [-0.25, -0.2) is 4.98 Å². The number of halogens is 1. The molecule has 2 rings (SSSR count). The van der Waals surface area contributed by atoms with Gasteiger partial charge in [-0.1, -0.05) is 11.6 Å². The molecule has 0 spiro atoms. The lowest BCUT2D eigenvalue weighted by Crippen LogP contribution is -2.42. The zero-order valence-corrected chi connectivity index (χ0v) is 16.7. The van der Waals surface area contributed by atoms with Gasteiger partial charge in [-0.05, 0) is 45.0 Å². The lowest BCUT2D eigenvalue weighted by molar-refractivity contribution is 0.224. The van der Waals surface area contributed by atoms with E-state index in [0.29, 0.717) is 11.6 Å². The number of thiazole rings is 1. The Hall–Kier alpha value is -1.79. The Kier molecular flexibility index (Phi) is 7.52. The summed E-state index contributed by atoms with van der Waals surface area (Å²) in [6.45, 7) is 7.58. The summed E-state index contributed by atoms with van der Waals surface area (Å²) < 4.78 is 5.85. The van der Waals surface area contributed by atoms with Crippen LogP contribution in [0.4, 0.5) is 0 Å². The van der Waals surface area contributed by atoms with Gasteiger partial charge in [0, 0.05) is 29.9 Å². The van der Waals surface area contributed by atoms with Gasteiger partial charge in [-0.2, -0.15) is 0 Å². The van der Waals surface area contributed by atoms with Crippen LogP contribution in [0.1, 0.15) is 22.5 Å². The predicted molar refractivity (Wildman–Crippen MR) is 106 cm³/mol. The van der Waals surface area contributed by atoms with Crippen LogP contribution in [0.15, 0.2) is 29.3 Å². The molecule has 1 unspecified atom stereocenters. The second-order valence-electron chi connectivity index (χ2n) is 5.75. The van der Waals surface area contributed by atoms with Gasteiger partial charge in [0.15, 0.2) is 5.96 Å². The number of aliphatic imine (C=N–C) groups is 1. The standard InChI is InChI=1S/C18H25ClN4OS/c1-12(24-16-7-5-15(19)6-8-16)11-22-18(20-4)21-10-9-17-13(2)23-14(3)25-17/h5-8,12H,9-11H2,1-4H3,(H2,20,21,22). The number of hydrogen-bond acceptors (Lipinski definition) is 4. The lowest BCUT2D eigenvalue weighted by Gasteiger charge is -2.17. The van der Waals surface area contributed by atoms with E-state index < -0.39 is 0 Å². The Morgan fingerprint density at radius 2 is 2.00 bits per heavy atom. The van der Waals surface area contributed by atoms with Crippen molar-refractivity contribution in [3.05, 3.63) is 44.9 Å². The van der Waals surface area contributed by atoms with Crippen molar-refractivity contribution >= 4 is 28.9 Å². The van der Waals surface area contributed by atoms with Crippen LogP contribution in [0, 0.1) is 13.8 Å². The third-order valence-electron chi connectivity index (χ3n) is 3.58. The molecule has 0 fully saturated rings. The molecule has 0 radical (unpaired) electrons. The fourth-order valence-corrected chi connectivity index (χ4v) is 3.41. The molecule has 1 aromatic carbocycles. The molecule has 1 aromatic heterocycles. The number of guanidine groups is 1. The van der Waals surface area contributed by atoms with E-state index in [1.807, 2.05) is 38.1 Å². The van der Waals surface area contributed by atoms with Gasteiger partial charge in [0.05, 0.1) is 17.2 Å². The summed E-state index contributed by atoms with van der Waals surface area (Å²) in [4.78, 5) is 10.0. The number of nitrogens with zero attached hydrogens (tertiary/aromatic N) is 2. The summed E-state index contributed by atoms with van der Waals surface area (Å²) in [6.07, 6.45) is 0.945. The maximum Gasteiger partial charge on any atom is 0.191 e. The van der Waals surface area contributed by atoms with E-state index in [-0.39, 0.29) is 6.10 Å². The highest BCUT2D eigenvalue weighted by Crippen LogP contribution is 2.17. The zero-order chi connectivity index (χ0) is 18.2. The number of benzene rings is 1. The second-order valence-corrected chi connectivity index (χ2v) is 7.48. The van der Waals surface area contributed by atoms with Crippen LogP contribution >= 0.6 is 22.9 Å². The molecule has 0 aliphatic carbocycles. The number of ether oxygens (including phenoxy) is 1. The van der Waals surface area contributed by atoms with E-state index in [9.17, 15) is 0 Å². The highest BCUT2D eigenvalue weighted by molar-refractivity contribution is 7.11. The van der Waals surface area contributed by atoms with Crippen molar-refractivity contribution in [2.45, 2.75) is 33.3 Å². The molecule has 7 heteroatoms. The Balaban J connectivity index is 1.72. The van der Waals surface area contributed by atoms with Crippen molar-refractivity contribution in [3.63, 3.8) is 0 Å². The smallest absolute Gasteiger partial charge is 0.191 e. The van der Waals surface area contributed by atoms with Crippen molar-refractivity contribution in [2.24, 2.45) is 4.99 Å². The van der Waals surface area contributed by atoms with Gasteiger partial charge >= 0.3 is 0 Å². The third-order valence-corrected chi connectivity index (χ3v) is 4.96. The number of hydrogen-bond donors (Lipinski definition) is 2. The van der Waals surface area contributed by atoms with E-state index in [2.05, 4.69) is 27.5 Å². The molecule has 2 N–H and O–H groups in total. The monoisotopic (exact) mass is 380 g/mol. The van der Waals surface area contributed by atoms with Gasteiger partial charge in [0.25, 0.3) is 0 Å². The van der Waals surface area contributed by atoms with Crippen molar-refractivity contribution in [1.29, 1.82) is 0 Å². The summed E-state index contributed by atoms with van der Waals surface area (Å²) in [5.74, 6) is 1.57. The zero-order valence-electron chi connectivity index (χ0n) is 15.1. The molecule has 0 aliphatic rings.